The van der Waals surface area contributed by atoms with E-state index < -0.39 is 60.7 Å². The van der Waals surface area contributed by atoms with Gasteiger partial charge in [0.15, 0.2) is 0 Å². The third-order valence-corrected chi connectivity index (χ3v) is 4.03. The lowest BCUT2D eigenvalue weighted by Gasteiger charge is -2.40. The Morgan fingerprint density at radius 2 is 1.08 bits per heavy atom. The van der Waals surface area contributed by atoms with Crippen molar-refractivity contribution in [2.24, 2.45) is 11.8 Å². The summed E-state index contributed by atoms with van der Waals surface area (Å²) in [5.41, 5.74) is 0. The molecule has 0 aliphatic carbocycles. The highest BCUT2D eigenvalue weighted by Crippen LogP contribution is 2.61. The zero-order valence-corrected chi connectivity index (χ0v) is 12.6. The van der Waals surface area contributed by atoms with E-state index in [1.165, 1.54) is 6.92 Å². The van der Waals surface area contributed by atoms with Gasteiger partial charge in [-0.1, -0.05) is 6.92 Å². The number of hydrogen-bond donors (Lipinski definition) is 0. The minimum atomic E-state index is -7.84. The van der Waals surface area contributed by atoms with Crippen LogP contribution in [0.25, 0.3) is 0 Å². The van der Waals surface area contributed by atoms with Gasteiger partial charge >= 0.3 is 35.8 Å². The van der Waals surface area contributed by atoms with Crippen LogP contribution in [0.1, 0.15) is 13.3 Å². The van der Waals surface area contributed by atoms with Crippen LogP contribution in [0.3, 0.4) is 0 Å². The van der Waals surface area contributed by atoms with Gasteiger partial charge in [0.05, 0.1) is 0 Å². The standard InChI is InChI=1S/C12H11F13O/c1-5-3-26-4-6(5)2-7(13,14)8(15,16)9(17,18)10(19,20)11(21,22)12(23,24)25/h5-6H,2-4H2,1H3. The van der Waals surface area contributed by atoms with Gasteiger partial charge in [-0.15, -0.1) is 0 Å². The molecule has 14 heteroatoms. The van der Waals surface area contributed by atoms with E-state index in [9.17, 15) is 57.1 Å². The van der Waals surface area contributed by atoms with Crippen LogP contribution in [-0.4, -0.2) is 49.0 Å². The molecule has 0 aromatic heterocycles. The predicted molar refractivity (Wildman–Crippen MR) is 58.9 cm³/mol. The van der Waals surface area contributed by atoms with Crippen LogP contribution in [0.5, 0.6) is 0 Å². The van der Waals surface area contributed by atoms with Crippen LogP contribution in [0, 0.1) is 11.8 Å². The molecule has 26 heavy (non-hydrogen) atoms. The van der Waals surface area contributed by atoms with Crippen molar-refractivity contribution < 1.29 is 61.8 Å². The Kier molecular flexibility index (Phi) is 5.59. The molecule has 1 aliphatic heterocycles. The quantitative estimate of drug-likeness (QED) is 0.525. The molecule has 1 saturated heterocycles. The van der Waals surface area contributed by atoms with Crippen LogP contribution in [0.15, 0.2) is 0 Å². The fraction of sp³-hybridized carbons (Fsp3) is 1.00. The van der Waals surface area contributed by atoms with Crippen LogP contribution < -0.4 is 0 Å². The zero-order valence-electron chi connectivity index (χ0n) is 12.6. The summed E-state index contributed by atoms with van der Waals surface area (Å²) >= 11 is 0. The Morgan fingerprint density at radius 1 is 0.654 bits per heavy atom. The maximum absolute atomic E-state index is 13.6. The van der Waals surface area contributed by atoms with Crippen molar-refractivity contribution in [2.45, 2.75) is 49.1 Å². The second-order valence-electron chi connectivity index (χ2n) is 5.98. The third kappa shape index (κ3) is 3.21. The highest BCUT2D eigenvalue weighted by molar-refractivity contribution is 5.10. The second-order valence-corrected chi connectivity index (χ2v) is 5.98. The lowest BCUT2D eigenvalue weighted by molar-refractivity contribution is -0.440. The van der Waals surface area contributed by atoms with Crippen molar-refractivity contribution in [2.75, 3.05) is 13.2 Å². The number of ether oxygens (including phenoxy) is 1. The third-order valence-electron chi connectivity index (χ3n) is 4.03. The summed E-state index contributed by atoms with van der Waals surface area (Å²) in [4.78, 5) is 0. The minimum Gasteiger partial charge on any atom is -0.381 e. The molecule has 0 saturated carbocycles. The van der Waals surface area contributed by atoms with Crippen LogP contribution >= 0.6 is 0 Å². The lowest BCUT2D eigenvalue weighted by Crippen LogP contribution is -2.70. The van der Waals surface area contributed by atoms with Gasteiger partial charge in [0, 0.05) is 19.6 Å². The van der Waals surface area contributed by atoms with Crippen LogP contribution in [0.2, 0.25) is 0 Å². The molecule has 1 heterocycles. The first kappa shape index (κ1) is 23.1. The van der Waals surface area contributed by atoms with Gasteiger partial charge in [0.1, 0.15) is 0 Å². The van der Waals surface area contributed by atoms with E-state index in [0.717, 1.165) is 0 Å². The second kappa shape index (κ2) is 6.30. The molecule has 1 fully saturated rings. The average molecular weight is 418 g/mol. The van der Waals surface area contributed by atoms with Crippen LogP contribution in [-0.2, 0) is 4.74 Å². The van der Waals surface area contributed by atoms with E-state index in [2.05, 4.69) is 4.74 Å². The van der Waals surface area contributed by atoms with E-state index >= 15 is 0 Å². The Morgan fingerprint density at radius 3 is 1.42 bits per heavy atom. The predicted octanol–water partition coefficient (Wildman–Crippen LogP) is 5.40. The maximum Gasteiger partial charge on any atom is 0.460 e. The molecule has 156 valence electrons. The Hall–Kier alpha value is -0.950. The molecule has 2 atom stereocenters. The molecule has 0 N–H and O–H groups in total. The molecular formula is C12H11F13O. The average Bonchev–Trinajstić information content (AvgIpc) is 2.81. The summed E-state index contributed by atoms with van der Waals surface area (Å²) in [5, 5.41) is 0. The SMILES string of the molecule is CC1COCC1CC(F)(F)C(F)(F)C(F)(F)C(F)(F)C(F)(F)C(F)(F)F. The molecule has 0 spiro atoms. The van der Waals surface area contributed by atoms with E-state index in [1.807, 2.05) is 0 Å². The molecule has 0 amide bonds. The molecule has 0 radical (unpaired) electrons. The number of rotatable bonds is 6. The maximum atomic E-state index is 13.6. The first-order chi connectivity index (χ1) is 11.2. The summed E-state index contributed by atoms with van der Waals surface area (Å²) in [5.74, 6) is -38.9. The van der Waals surface area contributed by atoms with Crippen LogP contribution in [0.4, 0.5) is 57.1 Å². The zero-order chi connectivity index (χ0) is 21.0. The highest BCUT2D eigenvalue weighted by Gasteiger charge is 2.90. The normalized spacial score (nSPS) is 24.2. The van der Waals surface area contributed by atoms with Crippen molar-refractivity contribution in [1.29, 1.82) is 0 Å². The lowest BCUT2D eigenvalue weighted by atomic mass is 9.86. The monoisotopic (exact) mass is 418 g/mol. The van der Waals surface area contributed by atoms with Crippen molar-refractivity contribution in [1.82, 2.24) is 0 Å². The van der Waals surface area contributed by atoms with Gasteiger partial charge in [-0.05, 0) is 11.8 Å². The molecule has 2 unspecified atom stereocenters. The summed E-state index contributed by atoms with van der Waals surface area (Å²) in [7, 11) is 0. The summed E-state index contributed by atoms with van der Waals surface area (Å²) in [6.45, 7) is 0.301. The largest absolute Gasteiger partial charge is 0.460 e. The van der Waals surface area contributed by atoms with Gasteiger partial charge in [-0.3, -0.25) is 0 Å². The smallest absolute Gasteiger partial charge is 0.381 e. The van der Waals surface area contributed by atoms with Crippen molar-refractivity contribution in [3.8, 4) is 0 Å². The van der Waals surface area contributed by atoms with Crippen molar-refractivity contribution in [3.05, 3.63) is 0 Å². The molecule has 0 bridgehead atoms. The molecule has 1 aliphatic rings. The molecule has 0 aromatic rings. The topological polar surface area (TPSA) is 9.23 Å². The van der Waals surface area contributed by atoms with E-state index in [4.69, 9.17) is 0 Å². The van der Waals surface area contributed by atoms with E-state index in [-0.39, 0.29) is 6.61 Å². The number of halogens is 13. The van der Waals surface area contributed by atoms with Crippen molar-refractivity contribution >= 4 is 0 Å². The van der Waals surface area contributed by atoms with Gasteiger partial charge in [0.25, 0.3) is 0 Å². The van der Waals surface area contributed by atoms with E-state index in [0.29, 0.717) is 0 Å². The summed E-state index contributed by atoms with van der Waals surface area (Å²) in [6, 6.07) is 0. The molecule has 1 nitrogen and oxygen atoms in total. The fourth-order valence-electron chi connectivity index (χ4n) is 2.23. The van der Waals surface area contributed by atoms with Gasteiger partial charge in [0.2, 0.25) is 0 Å². The van der Waals surface area contributed by atoms with Gasteiger partial charge in [-0.2, -0.15) is 57.1 Å². The first-order valence-electron chi connectivity index (χ1n) is 6.77. The highest BCUT2D eigenvalue weighted by atomic mass is 19.4. The molecule has 0 aromatic carbocycles. The van der Waals surface area contributed by atoms with Crippen molar-refractivity contribution in [3.63, 3.8) is 0 Å². The Labute approximate surface area is 137 Å². The summed E-state index contributed by atoms with van der Waals surface area (Å²) in [6.07, 6.45) is -9.57. The number of hydrogen-bond acceptors (Lipinski definition) is 1. The fourth-order valence-corrected chi connectivity index (χ4v) is 2.23. The minimum absolute atomic E-state index is 0.245. The first-order valence-corrected chi connectivity index (χ1v) is 6.77. The van der Waals surface area contributed by atoms with Gasteiger partial charge in [-0.25, -0.2) is 0 Å². The Bertz CT molecular complexity index is 510. The van der Waals surface area contributed by atoms with Gasteiger partial charge < -0.3 is 4.74 Å². The number of alkyl halides is 13. The molecular weight excluding hydrogens is 407 g/mol. The summed E-state index contributed by atoms with van der Waals surface area (Å²) < 4.78 is 172. The van der Waals surface area contributed by atoms with E-state index in [1.54, 1.807) is 0 Å². The molecule has 1 rings (SSSR count). The Balaban J connectivity index is 3.29.